The van der Waals surface area contributed by atoms with Gasteiger partial charge in [0.25, 0.3) is 0 Å². The number of hydrogen-bond donors (Lipinski definition) is 7. The molecule has 52 heavy (non-hydrogen) atoms. The van der Waals surface area contributed by atoms with Crippen LogP contribution in [-0.2, 0) is 33.5 Å². The van der Waals surface area contributed by atoms with Crippen LogP contribution in [0.3, 0.4) is 0 Å². The van der Waals surface area contributed by atoms with Crippen molar-refractivity contribution in [1.82, 2.24) is 31.5 Å². The maximum absolute atomic E-state index is 14.0. The molecular weight excluding hydrogens is 674 g/mol. The molecule has 7 atom stereocenters. The third-order valence-electron chi connectivity index (χ3n) is 9.51. The molecule has 1 aliphatic rings. The van der Waals surface area contributed by atoms with Gasteiger partial charge < -0.3 is 47.1 Å². The van der Waals surface area contributed by atoms with Crippen molar-refractivity contribution in [1.29, 1.82) is 0 Å². The average molecular weight is 740 g/mol. The van der Waals surface area contributed by atoms with Crippen LogP contribution in [0.2, 0.25) is 0 Å². The molecule has 0 spiro atoms. The van der Waals surface area contributed by atoms with Gasteiger partial charge in [-0.05, 0) is 31.1 Å². The topological polar surface area (TPSA) is 238 Å². The standard InChI is InChI=1S/C36H65N7O9/c1-8-10-11-12-13-14-15-16-17-28-24(6)35(50)43(7)27(18-22(3)4)33(48)42-30(23(5)9-2)34(49)41-26(21-44)32(47)40-25(19-39-36(37)51)31(46)38-20-29(45)52-28/h22-28,30,44H,8-21H2,1-7H3,(H,38,46)(H,40,47)(H,41,49)(H,42,48)(H3,37,39,51)/t23?,24-,25+,26+,27+,28-,30+/m1/s1. The van der Waals surface area contributed by atoms with Crippen LogP contribution in [0, 0.1) is 17.8 Å². The summed E-state index contributed by atoms with van der Waals surface area (Å²) in [7, 11) is 1.51. The number of primary amides is 1. The highest BCUT2D eigenvalue weighted by molar-refractivity contribution is 5.96. The monoisotopic (exact) mass is 739 g/mol. The van der Waals surface area contributed by atoms with Gasteiger partial charge in [-0.2, -0.15) is 0 Å². The number of likely N-dealkylation sites (N-methyl/N-ethyl adjacent to an activating group) is 1. The average Bonchev–Trinajstić information content (AvgIpc) is 3.10. The highest BCUT2D eigenvalue weighted by Crippen LogP contribution is 2.22. The molecule has 0 radical (unpaired) electrons. The molecule has 1 rings (SSSR count). The molecule has 1 heterocycles. The van der Waals surface area contributed by atoms with Crippen LogP contribution in [0.15, 0.2) is 0 Å². The number of cyclic esters (lactones) is 1. The van der Waals surface area contributed by atoms with Crippen LogP contribution in [0.25, 0.3) is 0 Å². The molecule has 0 aromatic rings. The number of rotatable bonds is 16. The summed E-state index contributed by atoms with van der Waals surface area (Å²) >= 11 is 0. The van der Waals surface area contributed by atoms with Gasteiger partial charge in [-0.25, -0.2) is 4.79 Å². The number of urea groups is 1. The van der Waals surface area contributed by atoms with Crippen LogP contribution >= 0.6 is 0 Å². The number of nitrogens with one attached hydrogen (secondary N) is 5. The highest BCUT2D eigenvalue weighted by Gasteiger charge is 2.38. The summed E-state index contributed by atoms with van der Waals surface area (Å²) in [6, 6.07) is -6.14. The van der Waals surface area contributed by atoms with E-state index < -0.39 is 103 Å². The van der Waals surface area contributed by atoms with Crippen molar-refractivity contribution in [3.8, 4) is 0 Å². The van der Waals surface area contributed by atoms with E-state index in [1.165, 1.54) is 24.8 Å². The van der Waals surface area contributed by atoms with Gasteiger partial charge in [0.05, 0.1) is 12.5 Å². The molecule has 7 amide bonds. The maximum Gasteiger partial charge on any atom is 0.325 e. The Balaban J connectivity index is 3.54. The van der Waals surface area contributed by atoms with E-state index in [1.54, 1.807) is 13.8 Å². The van der Waals surface area contributed by atoms with Crippen molar-refractivity contribution >= 4 is 41.5 Å². The molecule has 1 aliphatic heterocycles. The number of esters is 1. The van der Waals surface area contributed by atoms with Gasteiger partial charge in [0.1, 0.15) is 36.8 Å². The second-order valence-electron chi connectivity index (χ2n) is 14.3. The van der Waals surface area contributed by atoms with Crippen molar-refractivity contribution in [3.63, 3.8) is 0 Å². The SMILES string of the molecule is CCCCCCCCCC[C@H]1OC(=O)CNC(=O)[C@H](CNC(N)=O)NC(=O)[C@H](CO)NC(=O)[C@H](C(C)CC)NC(=O)[C@H](CC(C)C)N(C)C(=O)[C@@H]1C. The number of ether oxygens (including phenoxy) is 1. The summed E-state index contributed by atoms with van der Waals surface area (Å²) in [6.07, 6.45) is 8.52. The van der Waals surface area contributed by atoms with E-state index in [4.69, 9.17) is 10.5 Å². The number of aliphatic hydroxyl groups excluding tert-OH is 1. The lowest BCUT2D eigenvalue weighted by Gasteiger charge is -2.34. The number of carbonyl (C=O) groups excluding carboxylic acids is 7. The summed E-state index contributed by atoms with van der Waals surface area (Å²) < 4.78 is 5.80. The van der Waals surface area contributed by atoms with E-state index in [2.05, 4.69) is 33.5 Å². The van der Waals surface area contributed by atoms with Crippen LogP contribution in [-0.4, -0.2) is 109 Å². The lowest BCUT2D eigenvalue weighted by atomic mass is 9.94. The number of aliphatic hydroxyl groups is 1. The summed E-state index contributed by atoms with van der Waals surface area (Å²) in [5.41, 5.74) is 5.17. The lowest BCUT2D eigenvalue weighted by Crippen LogP contribution is -2.61. The molecule has 0 saturated carbocycles. The van der Waals surface area contributed by atoms with Crippen LogP contribution < -0.4 is 32.3 Å². The number of carbonyl (C=O) groups is 7. The Morgan fingerprint density at radius 2 is 1.48 bits per heavy atom. The molecular formula is C36H65N7O9. The molecule has 0 aliphatic carbocycles. The lowest BCUT2D eigenvalue weighted by molar-refractivity contribution is -0.157. The molecule has 1 saturated heterocycles. The quantitative estimate of drug-likeness (QED) is 0.0889. The normalized spacial score (nSPS) is 25.1. The molecule has 0 bridgehead atoms. The predicted molar refractivity (Wildman–Crippen MR) is 195 cm³/mol. The maximum atomic E-state index is 14.0. The minimum atomic E-state index is -1.56. The van der Waals surface area contributed by atoms with Crippen molar-refractivity contribution in [2.75, 3.05) is 26.7 Å². The zero-order valence-corrected chi connectivity index (χ0v) is 32.3. The number of amides is 7. The molecule has 16 heteroatoms. The Labute approximate surface area is 308 Å². The van der Waals surface area contributed by atoms with Gasteiger partial charge in [-0.3, -0.25) is 28.8 Å². The highest BCUT2D eigenvalue weighted by atomic mass is 16.5. The number of nitrogens with two attached hydrogens (primary N) is 1. The molecule has 1 fully saturated rings. The van der Waals surface area contributed by atoms with Crippen molar-refractivity contribution in [3.05, 3.63) is 0 Å². The van der Waals surface area contributed by atoms with Crippen molar-refractivity contribution in [2.24, 2.45) is 23.5 Å². The van der Waals surface area contributed by atoms with Gasteiger partial charge in [-0.15, -0.1) is 0 Å². The van der Waals surface area contributed by atoms with Gasteiger partial charge in [-0.1, -0.05) is 92.9 Å². The Hall–Kier alpha value is -3.95. The molecule has 1 unspecified atom stereocenters. The summed E-state index contributed by atoms with van der Waals surface area (Å²) in [4.78, 5) is 93.8. The van der Waals surface area contributed by atoms with Gasteiger partial charge in [0, 0.05) is 13.6 Å². The van der Waals surface area contributed by atoms with Gasteiger partial charge >= 0.3 is 12.0 Å². The second kappa shape index (κ2) is 24.3. The molecule has 8 N–H and O–H groups in total. The zero-order chi connectivity index (χ0) is 39.4. The van der Waals surface area contributed by atoms with Crippen LogP contribution in [0.5, 0.6) is 0 Å². The Morgan fingerprint density at radius 3 is 2.04 bits per heavy atom. The fourth-order valence-corrected chi connectivity index (χ4v) is 6.00. The van der Waals surface area contributed by atoms with E-state index in [-0.39, 0.29) is 12.3 Å². The molecule has 16 nitrogen and oxygen atoms in total. The van der Waals surface area contributed by atoms with Crippen molar-refractivity contribution < 1.29 is 43.4 Å². The van der Waals surface area contributed by atoms with Crippen molar-refractivity contribution in [2.45, 2.75) is 142 Å². The smallest absolute Gasteiger partial charge is 0.325 e. The van der Waals surface area contributed by atoms with Gasteiger partial charge in [0.2, 0.25) is 29.5 Å². The fraction of sp³-hybridized carbons (Fsp3) is 0.806. The van der Waals surface area contributed by atoms with E-state index in [1.807, 2.05) is 20.8 Å². The third kappa shape index (κ3) is 16.2. The van der Waals surface area contributed by atoms with E-state index >= 15 is 0 Å². The second-order valence-corrected chi connectivity index (χ2v) is 14.3. The third-order valence-corrected chi connectivity index (χ3v) is 9.51. The number of hydrogen-bond acceptors (Lipinski definition) is 9. The minimum Gasteiger partial charge on any atom is -0.460 e. The first-order chi connectivity index (χ1) is 24.6. The van der Waals surface area contributed by atoms with Crippen LogP contribution in [0.4, 0.5) is 4.79 Å². The largest absolute Gasteiger partial charge is 0.460 e. The summed E-state index contributed by atoms with van der Waals surface area (Å²) in [5.74, 6) is -5.77. The predicted octanol–water partition coefficient (Wildman–Crippen LogP) is 1.23. The fourth-order valence-electron chi connectivity index (χ4n) is 6.00. The molecule has 298 valence electrons. The summed E-state index contributed by atoms with van der Waals surface area (Å²) in [6.45, 7) is 9.20. The first kappa shape index (κ1) is 46.1. The zero-order valence-electron chi connectivity index (χ0n) is 32.3. The van der Waals surface area contributed by atoms with Crippen LogP contribution in [0.1, 0.15) is 112 Å². The minimum absolute atomic E-state index is 0.0205. The first-order valence-electron chi connectivity index (χ1n) is 18.9. The van der Waals surface area contributed by atoms with E-state index in [9.17, 15) is 38.7 Å². The summed E-state index contributed by atoms with van der Waals surface area (Å²) in [5, 5.41) is 22.2. The Kier molecular flexibility index (Phi) is 21.5. The van der Waals surface area contributed by atoms with Gasteiger partial charge in [0.15, 0.2) is 0 Å². The first-order valence-corrected chi connectivity index (χ1v) is 18.9. The Morgan fingerprint density at radius 1 is 0.885 bits per heavy atom. The van der Waals surface area contributed by atoms with E-state index in [0.717, 1.165) is 32.1 Å². The van der Waals surface area contributed by atoms with E-state index in [0.29, 0.717) is 19.3 Å². The molecule has 0 aromatic carbocycles. The molecule has 0 aromatic heterocycles. The number of unbranched alkanes of at least 4 members (excludes halogenated alkanes) is 7. The Bertz CT molecular complexity index is 1180. The number of nitrogens with zero attached hydrogens (tertiary/aromatic N) is 1.